The van der Waals surface area contributed by atoms with E-state index in [9.17, 15) is 4.79 Å². The van der Waals surface area contributed by atoms with Crippen molar-refractivity contribution in [2.45, 2.75) is 25.4 Å². The maximum atomic E-state index is 12.1. The van der Waals surface area contributed by atoms with Crippen LogP contribution in [0, 0.1) is 0 Å². The Labute approximate surface area is 159 Å². The normalized spacial score (nSPS) is 21.5. The van der Waals surface area contributed by atoms with Gasteiger partial charge < -0.3 is 14.7 Å². The summed E-state index contributed by atoms with van der Waals surface area (Å²) in [6.45, 7) is 4.92. The summed E-state index contributed by atoms with van der Waals surface area (Å²) in [6.07, 6.45) is 2.21. The monoisotopic (exact) mass is 376 g/mol. The van der Waals surface area contributed by atoms with Gasteiger partial charge in [0.15, 0.2) is 5.76 Å². The van der Waals surface area contributed by atoms with E-state index in [1.54, 1.807) is 0 Å². The van der Waals surface area contributed by atoms with Crippen LogP contribution < -0.4 is 5.32 Å². The Hall–Kier alpha value is -1.89. The SMILES string of the molecule is Cl.O=C1CNCCN1C1CCCN(Cc2cc(-c3ccccc3)on2)C1. The predicted octanol–water partition coefficient (Wildman–Crippen LogP) is 2.16. The Bertz CT molecular complexity index is 721. The fourth-order valence-corrected chi connectivity index (χ4v) is 3.79. The Balaban J connectivity index is 0.00000196. The molecule has 1 N–H and O–H groups in total. The number of nitrogens with one attached hydrogen (secondary N) is 1. The molecule has 140 valence electrons. The van der Waals surface area contributed by atoms with Gasteiger partial charge in [-0.2, -0.15) is 0 Å². The third-order valence-corrected chi connectivity index (χ3v) is 5.05. The fraction of sp³-hybridized carbons (Fsp3) is 0.474. The van der Waals surface area contributed by atoms with E-state index in [1.165, 1.54) is 0 Å². The van der Waals surface area contributed by atoms with Gasteiger partial charge >= 0.3 is 0 Å². The van der Waals surface area contributed by atoms with Crippen LogP contribution >= 0.6 is 12.4 Å². The molecule has 3 heterocycles. The van der Waals surface area contributed by atoms with Crippen molar-refractivity contribution in [2.75, 3.05) is 32.7 Å². The maximum absolute atomic E-state index is 12.1. The number of amides is 1. The number of piperazine rings is 1. The van der Waals surface area contributed by atoms with E-state index >= 15 is 0 Å². The lowest BCUT2D eigenvalue weighted by Crippen LogP contribution is -2.56. The van der Waals surface area contributed by atoms with Crippen LogP contribution in [-0.2, 0) is 11.3 Å². The molecule has 4 rings (SSSR count). The van der Waals surface area contributed by atoms with Gasteiger partial charge in [-0.15, -0.1) is 12.4 Å². The number of likely N-dealkylation sites (tertiary alicyclic amines) is 1. The number of hydrogen-bond acceptors (Lipinski definition) is 5. The Kier molecular flexibility index (Phi) is 6.29. The van der Waals surface area contributed by atoms with Crippen molar-refractivity contribution in [2.24, 2.45) is 0 Å². The first-order valence-corrected chi connectivity index (χ1v) is 9.03. The zero-order chi connectivity index (χ0) is 17.1. The predicted molar refractivity (Wildman–Crippen MR) is 102 cm³/mol. The largest absolute Gasteiger partial charge is 0.356 e. The highest BCUT2D eigenvalue weighted by molar-refractivity contribution is 5.85. The summed E-state index contributed by atoms with van der Waals surface area (Å²) < 4.78 is 5.50. The molecule has 26 heavy (non-hydrogen) atoms. The van der Waals surface area contributed by atoms with E-state index in [4.69, 9.17) is 4.52 Å². The number of carbonyl (C=O) groups excluding carboxylic acids is 1. The molecule has 0 bridgehead atoms. The summed E-state index contributed by atoms with van der Waals surface area (Å²) >= 11 is 0. The zero-order valence-corrected chi connectivity index (χ0v) is 15.6. The first kappa shape index (κ1) is 18.9. The highest BCUT2D eigenvalue weighted by Crippen LogP contribution is 2.22. The van der Waals surface area contributed by atoms with Gasteiger partial charge in [0, 0.05) is 43.9 Å². The standard InChI is InChI=1S/C19H24N4O2.ClH/c24-19-12-20-8-10-23(19)17-7-4-9-22(14-17)13-16-11-18(25-21-16)15-5-2-1-3-6-15;/h1-3,5-6,11,17,20H,4,7-10,12-14H2;1H. The summed E-state index contributed by atoms with van der Waals surface area (Å²) in [5.74, 6) is 1.03. The van der Waals surface area contributed by atoms with Crippen molar-refractivity contribution in [1.82, 2.24) is 20.3 Å². The average Bonchev–Trinajstić information content (AvgIpc) is 3.12. The second-order valence-electron chi connectivity index (χ2n) is 6.84. The van der Waals surface area contributed by atoms with Gasteiger partial charge in [0.25, 0.3) is 0 Å². The first-order valence-electron chi connectivity index (χ1n) is 9.03. The van der Waals surface area contributed by atoms with Crippen LogP contribution in [0.5, 0.6) is 0 Å². The van der Waals surface area contributed by atoms with Crippen molar-refractivity contribution in [3.8, 4) is 11.3 Å². The van der Waals surface area contributed by atoms with Gasteiger partial charge in [-0.1, -0.05) is 35.5 Å². The van der Waals surface area contributed by atoms with Crippen LogP contribution in [0.1, 0.15) is 18.5 Å². The lowest BCUT2D eigenvalue weighted by atomic mass is 10.0. The molecule has 0 aliphatic carbocycles. The van der Waals surface area contributed by atoms with Crippen LogP contribution in [0.4, 0.5) is 0 Å². The van der Waals surface area contributed by atoms with E-state index < -0.39 is 0 Å². The summed E-state index contributed by atoms with van der Waals surface area (Å²) in [5, 5.41) is 7.38. The van der Waals surface area contributed by atoms with Gasteiger partial charge in [0.1, 0.15) is 0 Å². The number of rotatable bonds is 4. The number of nitrogens with zero attached hydrogens (tertiary/aromatic N) is 3. The van der Waals surface area contributed by atoms with Crippen LogP contribution in [-0.4, -0.2) is 59.6 Å². The first-order chi connectivity index (χ1) is 12.3. The summed E-state index contributed by atoms with van der Waals surface area (Å²) in [7, 11) is 0. The van der Waals surface area contributed by atoms with Gasteiger partial charge in [0.05, 0.1) is 12.2 Å². The van der Waals surface area contributed by atoms with Crippen molar-refractivity contribution >= 4 is 18.3 Å². The zero-order valence-electron chi connectivity index (χ0n) is 14.8. The summed E-state index contributed by atoms with van der Waals surface area (Å²) in [4.78, 5) is 16.6. The van der Waals surface area contributed by atoms with Crippen molar-refractivity contribution in [1.29, 1.82) is 0 Å². The minimum Gasteiger partial charge on any atom is -0.356 e. The number of halogens is 1. The Morgan fingerprint density at radius 1 is 1.23 bits per heavy atom. The highest BCUT2D eigenvalue weighted by Gasteiger charge is 2.30. The number of carbonyl (C=O) groups is 1. The fourth-order valence-electron chi connectivity index (χ4n) is 3.79. The molecule has 2 aliphatic heterocycles. The summed E-state index contributed by atoms with van der Waals surface area (Å²) in [6, 6.07) is 12.4. The van der Waals surface area contributed by atoms with E-state index in [0.717, 1.165) is 62.6 Å². The molecule has 2 saturated heterocycles. The smallest absolute Gasteiger partial charge is 0.236 e. The lowest BCUT2D eigenvalue weighted by Gasteiger charge is -2.40. The van der Waals surface area contributed by atoms with Gasteiger partial charge in [-0.05, 0) is 19.4 Å². The molecule has 6 nitrogen and oxygen atoms in total. The molecule has 7 heteroatoms. The second kappa shape index (κ2) is 8.66. The Morgan fingerprint density at radius 3 is 2.88 bits per heavy atom. The van der Waals surface area contributed by atoms with Crippen molar-refractivity contribution < 1.29 is 9.32 Å². The number of piperidine rings is 1. The van der Waals surface area contributed by atoms with Gasteiger partial charge in [-0.3, -0.25) is 9.69 Å². The minimum atomic E-state index is 0. The van der Waals surface area contributed by atoms with Crippen LogP contribution in [0.15, 0.2) is 40.9 Å². The van der Waals surface area contributed by atoms with Gasteiger partial charge in [0.2, 0.25) is 5.91 Å². The lowest BCUT2D eigenvalue weighted by molar-refractivity contribution is -0.135. The van der Waals surface area contributed by atoms with E-state index in [1.807, 2.05) is 36.4 Å². The molecule has 2 fully saturated rings. The number of aromatic nitrogens is 1. The molecular formula is C19H25ClN4O2. The van der Waals surface area contributed by atoms with E-state index in [-0.39, 0.29) is 18.3 Å². The Morgan fingerprint density at radius 2 is 2.08 bits per heavy atom. The van der Waals surface area contributed by atoms with Crippen molar-refractivity contribution in [3.05, 3.63) is 42.1 Å². The summed E-state index contributed by atoms with van der Waals surface area (Å²) in [5.41, 5.74) is 2.00. The van der Waals surface area contributed by atoms with Crippen LogP contribution in [0.2, 0.25) is 0 Å². The number of benzene rings is 1. The molecule has 1 unspecified atom stereocenters. The molecule has 2 aromatic rings. The third-order valence-electron chi connectivity index (χ3n) is 5.05. The minimum absolute atomic E-state index is 0. The van der Waals surface area contributed by atoms with E-state index in [0.29, 0.717) is 12.6 Å². The molecule has 1 amide bonds. The third kappa shape index (κ3) is 4.26. The van der Waals surface area contributed by atoms with Gasteiger partial charge in [-0.25, -0.2) is 0 Å². The van der Waals surface area contributed by atoms with Crippen LogP contribution in [0.3, 0.4) is 0 Å². The second-order valence-corrected chi connectivity index (χ2v) is 6.84. The quantitative estimate of drug-likeness (QED) is 0.886. The average molecular weight is 377 g/mol. The van der Waals surface area contributed by atoms with Crippen LogP contribution in [0.25, 0.3) is 11.3 Å². The maximum Gasteiger partial charge on any atom is 0.236 e. The molecule has 1 aromatic carbocycles. The molecule has 0 spiro atoms. The van der Waals surface area contributed by atoms with E-state index in [2.05, 4.69) is 20.3 Å². The highest BCUT2D eigenvalue weighted by atomic mass is 35.5. The molecule has 1 aromatic heterocycles. The number of hydrogen-bond donors (Lipinski definition) is 1. The molecule has 2 aliphatic rings. The molecule has 1 atom stereocenters. The molecule has 0 radical (unpaired) electrons. The molecule has 0 saturated carbocycles. The molecular weight excluding hydrogens is 352 g/mol. The van der Waals surface area contributed by atoms with Crippen molar-refractivity contribution in [3.63, 3.8) is 0 Å². The topological polar surface area (TPSA) is 61.6 Å².